The maximum Gasteiger partial charge on any atom is 0.125 e. The minimum atomic E-state index is -0.436. The van der Waals surface area contributed by atoms with E-state index in [2.05, 4.69) is 6.92 Å². The van der Waals surface area contributed by atoms with Crippen LogP contribution in [0.15, 0.2) is 18.2 Å². The van der Waals surface area contributed by atoms with Crippen LogP contribution in [0.25, 0.3) is 0 Å². The van der Waals surface area contributed by atoms with Gasteiger partial charge in [0.2, 0.25) is 0 Å². The Bertz CT molecular complexity index is 417. The third kappa shape index (κ3) is 3.89. The Hall–Kier alpha value is -1.22. The van der Waals surface area contributed by atoms with Crippen LogP contribution in [0, 0.1) is 0 Å². The molecule has 1 unspecified atom stereocenters. The fourth-order valence-electron chi connectivity index (χ4n) is 2.78. The molecule has 1 aliphatic rings. The standard InChI is InChI=1S/C17H26O3/c1-3-4-5-6-7-8-14-12-16(18)15-11-13(19-2)9-10-17(15)20-14/h9-11,14,16,18H,3-8,12H2,1-2H3/t14?,16-/m1/s1. The second kappa shape index (κ2) is 7.53. The Balaban J connectivity index is 1.87. The zero-order valence-corrected chi connectivity index (χ0v) is 12.6. The number of hydrogen-bond donors (Lipinski definition) is 1. The van der Waals surface area contributed by atoms with Gasteiger partial charge in [0.25, 0.3) is 0 Å². The number of benzene rings is 1. The smallest absolute Gasteiger partial charge is 0.125 e. The Labute approximate surface area is 121 Å². The number of fused-ring (bicyclic) bond motifs is 1. The third-order valence-corrected chi connectivity index (χ3v) is 3.99. The lowest BCUT2D eigenvalue weighted by atomic mass is 9.95. The van der Waals surface area contributed by atoms with Crippen molar-refractivity contribution in [3.05, 3.63) is 23.8 Å². The summed E-state index contributed by atoms with van der Waals surface area (Å²) in [7, 11) is 1.64. The van der Waals surface area contributed by atoms with Crippen LogP contribution in [0.2, 0.25) is 0 Å². The monoisotopic (exact) mass is 278 g/mol. The highest BCUT2D eigenvalue weighted by Crippen LogP contribution is 2.38. The summed E-state index contributed by atoms with van der Waals surface area (Å²) in [6.07, 6.45) is 7.77. The molecule has 1 aliphatic heterocycles. The molecule has 2 rings (SSSR count). The zero-order valence-electron chi connectivity index (χ0n) is 12.6. The quantitative estimate of drug-likeness (QED) is 0.758. The molecule has 1 heterocycles. The molecule has 0 spiro atoms. The van der Waals surface area contributed by atoms with Crippen LogP contribution >= 0.6 is 0 Å². The van der Waals surface area contributed by atoms with E-state index in [1.807, 2.05) is 18.2 Å². The zero-order chi connectivity index (χ0) is 14.4. The highest BCUT2D eigenvalue weighted by Gasteiger charge is 2.26. The molecular weight excluding hydrogens is 252 g/mol. The summed E-state index contributed by atoms with van der Waals surface area (Å²) in [4.78, 5) is 0. The molecule has 3 nitrogen and oxygen atoms in total. The lowest BCUT2D eigenvalue weighted by molar-refractivity contribution is 0.0602. The van der Waals surface area contributed by atoms with E-state index in [0.717, 1.165) is 23.5 Å². The topological polar surface area (TPSA) is 38.7 Å². The first kappa shape index (κ1) is 15.2. The number of unbranched alkanes of at least 4 members (excludes halogenated alkanes) is 4. The molecule has 1 N–H and O–H groups in total. The predicted octanol–water partition coefficient (Wildman–Crippen LogP) is 4.24. The summed E-state index contributed by atoms with van der Waals surface area (Å²) in [5.74, 6) is 1.58. The first-order chi connectivity index (χ1) is 9.74. The first-order valence-electron chi connectivity index (χ1n) is 7.77. The molecule has 0 aliphatic carbocycles. The summed E-state index contributed by atoms with van der Waals surface area (Å²) < 4.78 is 11.2. The van der Waals surface area contributed by atoms with E-state index in [0.29, 0.717) is 6.42 Å². The molecule has 2 atom stereocenters. The first-order valence-corrected chi connectivity index (χ1v) is 7.77. The van der Waals surface area contributed by atoms with Crippen LogP contribution in [0.1, 0.15) is 63.5 Å². The Morgan fingerprint density at radius 3 is 2.80 bits per heavy atom. The van der Waals surface area contributed by atoms with E-state index >= 15 is 0 Å². The minimum Gasteiger partial charge on any atom is -0.497 e. The second-order valence-corrected chi connectivity index (χ2v) is 5.60. The molecule has 112 valence electrons. The van der Waals surface area contributed by atoms with Gasteiger partial charge in [-0.2, -0.15) is 0 Å². The second-order valence-electron chi connectivity index (χ2n) is 5.60. The highest BCUT2D eigenvalue weighted by molar-refractivity contribution is 5.43. The molecule has 20 heavy (non-hydrogen) atoms. The lowest BCUT2D eigenvalue weighted by Crippen LogP contribution is -2.25. The summed E-state index contributed by atoms with van der Waals surface area (Å²) in [6, 6.07) is 5.66. The molecule has 0 saturated carbocycles. The predicted molar refractivity (Wildman–Crippen MR) is 80.4 cm³/mol. The molecule has 0 saturated heterocycles. The Morgan fingerprint density at radius 2 is 2.05 bits per heavy atom. The maximum atomic E-state index is 10.3. The van der Waals surface area contributed by atoms with Crippen molar-refractivity contribution >= 4 is 0 Å². The Kier molecular flexibility index (Phi) is 5.72. The molecule has 0 aromatic heterocycles. The van der Waals surface area contributed by atoms with Crippen molar-refractivity contribution in [3.63, 3.8) is 0 Å². The Morgan fingerprint density at radius 1 is 1.25 bits per heavy atom. The summed E-state index contributed by atoms with van der Waals surface area (Å²) in [6.45, 7) is 2.23. The van der Waals surface area contributed by atoms with Crippen LogP contribution in [0.4, 0.5) is 0 Å². The lowest BCUT2D eigenvalue weighted by Gasteiger charge is -2.30. The van der Waals surface area contributed by atoms with E-state index in [1.54, 1.807) is 7.11 Å². The molecule has 3 heteroatoms. The van der Waals surface area contributed by atoms with Crippen molar-refractivity contribution in [1.29, 1.82) is 0 Å². The summed E-state index contributed by atoms with van der Waals surface area (Å²) in [5, 5.41) is 10.3. The normalized spacial score (nSPS) is 21.1. The van der Waals surface area contributed by atoms with E-state index < -0.39 is 6.10 Å². The molecule has 0 fully saturated rings. The number of rotatable bonds is 7. The molecule has 0 radical (unpaired) electrons. The van der Waals surface area contributed by atoms with Gasteiger partial charge in [-0.3, -0.25) is 0 Å². The van der Waals surface area contributed by atoms with Gasteiger partial charge in [-0.25, -0.2) is 0 Å². The highest BCUT2D eigenvalue weighted by atomic mass is 16.5. The number of methoxy groups -OCH3 is 1. The molecule has 1 aromatic rings. The third-order valence-electron chi connectivity index (χ3n) is 3.99. The number of ether oxygens (including phenoxy) is 2. The van der Waals surface area contributed by atoms with Crippen molar-refractivity contribution < 1.29 is 14.6 Å². The van der Waals surface area contributed by atoms with Crippen molar-refractivity contribution in [2.45, 2.75) is 64.1 Å². The van der Waals surface area contributed by atoms with Crippen LogP contribution in [-0.4, -0.2) is 18.3 Å². The van der Waals surface area contributed by atoms with E-state index in [9.17, 15) is 5.11 Å². The molecule has 1 aromatic carbocycles. The molecular formula is C17H26O3. The number of aliphatic hydroxyl groups is 1. The van der Waals surface area contributed by atoms with Gasteiger partial charge in [0.15, 0.2) is 0 Å². The van der Waals surface area contributed by atoms with Gasteiger partial charge in [0.05, 0.1) is 13.2 Å². The fraction of sp³-hybridized carbons (Fsp3) is 0.647. The van der Waals surface area contributed by atoms with Gasteiger partial charge in [-0.1, -0.05) is 32.6 Å². The molecule has 0 amide bonds. The van der Waals surface area contributed by atoms with Crippen molar-refractivity contribution in [2.75, 3.05) is 7.11 Å². The van der Waals surface area contributed by atoms with Crippen molar-refractivity contribution in [3.8, 4) is 11.5 Å². The van der Waals surface area contributed by atoms with Gasteiger partial charge in [-0.05, 0) is 31.0 Å². The van der Waals surface area contributed by atoms with Crippen LogP contribution in [0.3, 0.4) is 0 Å². The van der Waals surface area contributed by atoms with Crippen LogP contribution < -0.4 is 9.47 Å². The van der Waals surface area contributed by atoms with Gasteiger partial charge in [0.1, 0.15) is 17.6 Å². The van der Waals surface area contributed by atoms with Gasteiger partial charge in [0, 0.05) is 12.0 Å². The van der Waals surface area contributed by atoms with Crippen LogP contribution in [-0.2, 0) is 0 Å². The van der Waals surface area contributed by atoms with E-state index in [1.165, 1.54) is 32.1 Å². The molecule has 0 bridgehead atoms. The number of hydrogen-bond acceptors (Lipinski definition) is 3. The van der Waals surface area contributed by atoms with Gasteiger partial charge >= 0.3 is 0 Å². The van der Waals surface area contributed by atoms with Crippen molar-refractivity contribution in [1.82, 2.24) is 0 Å². The largest absolute Gasteiger partial charge is 0.497 e. The summed E-state index contributed by atoms with van der Waals surface area (Å²) >= 11 is 0. The maximum absolute atomic E-state index is 10.3. The van der Waals surface area contributed by atoms with E-state index in [-0.39, 0.29) is 6.10 Å². The average molecular weight is 278 g/mol. The average Bonchev–Trinajstić information content (AvgIpc) is 2.47. The van der Waals surface area contributed by atoms with E-state index in [4.69, 9.17) is 9.47 Å². The van der Waals surface area contributed by atoms with Crippen LogP contribution in [0.5, 0.6) is 11.5 Å². The minimum absolute atomic E-state index is 0.146. The van der Waals surface area contributed by atoms with Gasteiger partial charge < -0.3 is 14.6 Å². The van der Waals surface area contributed by atoms with Crippen molar-refractivity contribution in [2.24, 2.45) is 0 Å². The SMILES string of the molecule is CCCCCCCC1C[C@@H](O)c2cc(OC)ccc2O1. The van der Waals surface area contributed by atoms with Gasteiger partial charge in [-0.15, -0.1) is 0 Å². The number of aliphatic hydroxyl groups excluding tert-OH is 1. The summed E-state index contributed by atoms with van der Waals surface area (Å²) in [5.41, 5.74) is 0.853. The fourth-order valence-corrected chi connectivity index (χ4v) is 2.78.